The van der Waals surface area contributed by atoms with E-state index in [0.717, 1.165) is 44.5 Å². The van der Waals surface area contributed by atoms with E-state index in [1.165, 1.54) is 17.7 Å². The van der Waals surface area contributed by atoms with Gasteiger partial charge in [0.1, 0.15) is 11.5 Å². The monoisotopic (exact) mass is 919 g/mol. The number of benzene rings is 5. The second-order valence-corrected chi connectivity index (χ2v) is 18.2. The Labute approximate surface area is 394 Å². The van der Waals surface area contributed by atoms with Crippen LogP contribution in [-0.4, -0.2) is 111 Å². The van der Waals surface area contributed by atoms with Gasteiger partial charge in [-0.1, -0.05) is 91.0 Å². The number of likely N-dealkylation sites (tertiary alicyclic amines) is 3. The molecule has 3 fully saturated rings. The maximum absolute atomic E-state index is 14.0. The molecule has 0 bridgehead atoms. The zero-order valence-corrected chi connectivity index (χ0v) is 37.8. The summed E-state index contributed by atoms with van der Waals surface area (Å²) in [5.74, 6) is -0.523. The third kappa shape index (κ3) is 10.2. The number of hydrogen-bond acceptors (Lipinski definition) is 11. The summed E-state index contributed by atoms with van der Waals surface area (Å²) >= 11 is 0. The summed E-state index contributed by atoms with van der Waals surface area (Å²) in [6.45, 7) is 4.78. The molecule has 3 saturated heterocycles. The van der Waals surface area contributed by atoms with Crippen LogP contribution in [0.2, 0.25) is 0 Å². The minimum Gasteiger partial charge on any atom is -0.506 e. The fourth-order valence-electron chi connectivity index (χ4n) is 9.97. The van der Waals surface area contributed by atoms with Gasteiger partial charge in [0.05, 0.1) is 24.3 Å². The first kappa shape index (κ1) is 46.3. The number of nitrogens with zero attached hydrogens (tertiary/aromatic N) is 3. The van der Waals surface area contributed by atoms with E-state index in [1.54, 1.807) is 82.6 Å². The number of H-pyrrole nitrogens is 1. The number of pyridine rings is 1. The Bertz CT molecular complexity index is 2780. The number of phenolic OH excluding ortho intramolecular Hbond substituents is 1. The van der Waals surface area contributed by atoms with Gasteiger partial charge in [-0.25, -0.2) is 4.79 Å². The topological polar surface area (TPSA) is 185 Å². The molecule has 14 heteroatoms. The first-order chi connectivity index (χ1) is 33.0. The molecule has 2 amide bonds. The van der Waals surface area contributed by atoms with Crippen molar-refractivity contribution in [3.63, 3.8) is 0 Å². The van der Waals surface area contributed by atoms with Crippen LogP contribution in [0.1, 0.15) is 63.5 Å². The number of piperidine rings is 1. The quantitative estimate of drug-likeness (QED) is 0.0773. The van der Waals surface area contributed by atoms with Crippen molar-refractivity contribution in [3.8, 4) is 11.5 Å². The Kier molecular flexibility index (Phi) is 14.0. The van der Waals surface area contributed by atoms with E-state index in [9.17, 15) is 34.5 Å². The van der Waals surface area contributed by atoms with Gasteiger partial charge in [-0.2, -0.15) is 0 Å². The van der Waals surface area contributed by atoms with Crippen LogP contribution in [0, 0.1) is 11.8 Å². The van der Waals surface area contributed by atoms with Crippen LogP contribution in [0.15, 0.2) is 138 Å². The molecule has 0 unspecified atom stereocenters. The van der Waals surface area contributed by atoms with Crippen LogP contribution in [0.25, 0.3) is 10.9 Å². The van der Waals surface area contributed by atoms with E-state index in [1.807, 2.05) is 36.4 Å². The third-order valence-electron chi connectivity index (χ3n) is 13.8. The van der Waals surface area contributed by atoms with Gasteiger partial charge in [0.2, 0.25) is 11.2 Å². The largest absolute Gasteiger partial charge is 0.506 e. The fourth-order valence-corrected chi connectivity index (χ4v) is 9.97. The molecule has 0 spiro atoms. The van der Waals surface area contributed by atoms with Gasteiger partial charge in [-0.05, 0) is 96.9 Å². The molecular weight excluding hydrogens is 863 g/mol. The molecule has 3 aliphatic rings. The number of nitrogens with one attached hydrogen (secondary N) is 2. The lowest BCUT2D eigenvalue weighted by atomic mass is 9.86. The summed E-state index contributed by atoms with van der Waals surface area (Å²) < 4.78 is 12.0. The highest BCUT2D eigenvalue weighted by Gasteiger charge is 2.45. The molecule has 68 heavy (non-hydrogen) atoms. The normalized spacial score (nSPS) is 18.8. The Hall–Kier alpha value is -6.84. The van der Waals surface area contributed by atoms with Crippen LogP contribution < -0.4 is 15.6 Å². The van der Waals surface area contributed by atoms with Gasteiger partial charge < -0.3 is 44.9 Å². The minimum atomic E-state index is -2.11. The fraction of sp³-hybridized carbons (Fsp3) is 0.333. The number of phenols is 1. The molecule has 5 N–H and O–H groups in total. The average molecular weight is 920 g/mol. The predicted molar refractivity (Wildman–Crippen MR) is 256 cm³/mol. The highest BCUT2D eigenvalue weighted by Crippen LogP contribution is 2.36. The number of rotatable bonds is 16. The Morgan fingerprint density at radius 3 is 2.29 bits per heavy atom. The van der Waals surface area contributed by atoms with E-state index in [4.69, 9.17) is 9.47 Å². The van der Waals surface area contributed by atoms with Crippen LogP contribution >= 0.6 is 0 Å². The minimum absolute atomic E-state index is 0.0718. The number of ether oxygens (including phenoxy) is 2. The predicted octanol–water partition coefficient (Wildman–Crippen LogP) is 5.50. The van der Waals surface area contributed by atoms with Crippen molar-refractivity contribution in [2.24, 2.45) is 11.8 Å². The van der Waals surface area contributed by atoms with E-state index < -0.39 is 17.7 Å². The number of carbonyl (C=O) groups is 3. The van der Waals surface area contributed by atoms with Crippen molar-refractivity contribution in [3.05, 3.63) is 177 Å². The Morgan fingerprint density at radius 1 is 0.794 bits per heavy atom. The van der Waals surface area contributed by atoms with E-state index in [-0.39, 0.29) is 71.8 Å². The molecule has 9 rings (SSSR count). The Balaban J connectivity index is 0.763. The molecule has 0 radical (unpaired) electrons. The third-order valence-corrected chi connectivity index (χ3v) is 13.8. The maximum atomic E-state index is 14.0. The lowest BCUT2D eigenvalue weighted by molar-refractivity contribution is -0.164. The van der Waals surface area contributed by atoms with Crippen molar-refractivity contribution >= 4 is 28.7 Å². The SMILES string of the molecule is O=C(c1ccc(CNC[C@H](O)c2ccc(O)c3[nH]c(=O)ccc23)cc1)N1C[C@H]2CCN(C(=O)COc3cccc([C@](O)(C(=O)OCC4CCN(Cc5ccccc5)CC4)c4ccccc4)c3)[C@H]2C1. The summed E-state index contributed by atoms with van der Waals surface area (Å²) in [4.78, 5) is 61.8. The number of aliphatic hydroxyl groups is 2. The van der Waals surface area contributed by atoms with Gasteiger partial charge in [-0.15, -0.1) is 0 Å². The summed E-state index contributed by atoms with van der Waals surface area (Å²) in [5.41, 5.74) is 1.74. The number of amides is 2. The Morgan fingerprint density at radius 2 is 1.53 bits per heavy atom. The molecule has 4 heterocycles. The van der Waals surface area contributed by atoms with Crippen molar-refractivity contribution in [1.29, 1.82) is 0 Å². The zero-order chi connectivity index (χ0) is 47.2. The van der Waals surface area contributed by atoms with E-state index in [2.05, 4.69) is 27.3 Å². The second kappa shape index (κ2) is 20.6. The van der Waals surface area contributed by atoms with Crippen molar-refractivity contribution < 1.29 is 39.2 Å². The van der Waals surface area contributed by atoms with Crippen molar-refractivity contribution in [2.75, 3.05) is 52.5 Å². The molecule has 0 aliphatic carbocycles. The van der Waals surface area contributed by atoms with Gasteiger partial charge in [0.25, 0.3) is 11.8 Å². The second-order valence-electron chi connectivity index (χ2n) is 18.2. The standard InChI is InChI=1S/C54H57N5O9/c60-47-20-18-44(45-19-21-49(62)56-51(45)47)48(61)30-55-29-36-14-16-39(17-15-36)52(64)58-32-40-24-27-59(46(40)33-58)50(63)35-67-43-13-7-12-42(28-43)54(66,41-10-5-2-6-11-41)53(65)68-34-38-22-25-57(26-23-38)31-37-8-3-1-4-9-37/h1-21,28,38,40,46,48,55,60-61,66H,22-27,29-35H2,(H,56,62)/t40-,46+,48+,54+/m1/s1. The number of carbonyl (C=O) groups excluding carboxylic acids is 3. The number of esters is 1. The number of aromatic amines is 1. The lowest BCUT2D eigenvalue weighted by Gasteiger charge is -2.33. The summed E-state index contributed by atoms with van der Waals surface area (Å²) in [7, 11) is 0. The van der Waals surface area contributed by atoms with Crippen molar-refractivity contribution in [1.82, 2.24) is 25.0 Å². The van der Waals surface area contributed by atoms with Gasteiger partial charge in [-0.3, -0.25) is 19.3 Å². The molecule has 0 saturated carbocycles. The maximum Gasteiger partial charge on any atom is 0.347 e. The number of aromatic nitrogens is 1. The molecular formula is C54H57N5O9. The molecule has 352 valence electrons. The zero-order valence-electron chi connectivity index (χ0n) is 37.8. The summed E-state index contributed by atoms with van der Waals surface area (Å²) in [6, 6.07) is 38.9. The molecule has 4 atom stereocenters. The van der Waals surface area contributed by atoms with Crippen LogP contribution in [0.4, 0.5) is 0 Å². The number of hydrogen-bond donors (Lipinski definition) is 5. The van der Waals surface area contributed by atoms with Gasteiger partial charge in [0, 0.05) is 67.8 Å². The first-order valence-electron chi connectivity index (χ1n) is 23.4. The summed E-state index contributed by atoms with van der Waals surface area (Å²) in [6.07, 6.45) is 1.63. The molecule has 3 aliphatic heterocycles. The highest BCUT2D eigenvalue weighted by molar-refractivity contribution is 5.94. The van der Waals surface area contributed by atoms with Gasteiger partial charge >= 0.3 is 5.97 Å². The molecule has 14 nitrogen and oxygen atoms in total. The van der Waals surface area contributed by atoms with Crippen LogP contribution in [0.5, 0.6) is 11.5 Å². The lowest BCUT2D eigenvalue weighted by Crippen LogP contribution is -2.42. The van der Waals surface area contributed by atoms with E-state index in [0.29, 0.717) is 54.0 Å². The van der Waals surface area contributed by atoms with Crippen LogP contribution in [0.3, 0.4) is 0 Å². The molecule has 5 aromatic carbocycles. The summed E-state index contributed by atoms with van der Waals surface area (Å²) in [5, 5.41) is 37.2. The van der Waals surface area contributed by atoms with E-state index >= 15 is 0 Å². The number of aromatic hydroxyl groups is 1. The highest BCUT2D eigenvalue weighted by atomic mass is 16.6. The molecule has 6 aromatic rings. The smallest absolute Gasteiger partial charge is 0.347 e. The number of fused-ring (bicyclic) bond motifs is 2. The van der Waals surface area contributed by atoms with Crippen molar-refractivity contribution in [2.45, 2.75) is 50.1 Å². The first-order valence-corrected chi connectivity index (χ1v) is 23.4. The number of aliphatic hydroxyl groups excluding tert-OH is 1. The average Bonchev–Trinajstić information content (AvgIpc) is 3.98. The van der Waals surface area contributed by atoms with Gasteiger partial charge in [0.15, 0.2) is 6.61 Å². The van der Waals surface area contributed by atoms with Crippen LogP contribution in [-0.2, 0) is 33.0 Å². The molecule has 1 aromatic heterocycles.